The number of nitrogens with one attached hydrogen (secondary N) is 2. The molecule has 0 radical (unpaired) electrons. The summed E-state index contributed by atoms with van der Waals surface area (Å²) in [4.78, 5) is 5.57. The molecule has 0 aliphatic carbocycles. The third-order valence-electron chi connectivity index (χ3n) is 7.93. The van der Waals surface area contributed by atoms with Crippen LogP contribution in [0.5, 0.6) is 5.75 Å². The molecule has 4 heterocycles. The molecule has 1 fully saturated rings. The van der Waals surface area contributed by atoms with Gasteiger partial charge in [-0.05, 0) is 56.8 Å². The molecule has 1 atom stereocenters. The summed E-state index contributed by atoms with van der Waals surface area (Å²) in [5.74, 6) is 1.44. The Morgan fingerprint density at radius 1 is 1.12 bits per heavy atom. The highest BCUT2D eigenvalue weighted by Gasteiger charge is 2.33. The number of unbranched alkanes of at least 4 members (excludes halogenated alkanes) is 1. The third-order valence-corrected chi connectivity index (χ3v) is 12.1. The van der Waals surface area contributed by atoms with E-state index in [2.05, 4.69) is 63.1 Å². The van der Waals surface area contributed by atoms with Crippen molar-refractivity contribution in [1.82, 2.24) is 22.9 Å². The number of anilines is 3. The molecule has 3 aromatic rings. The second-order valence-corrected chi connectivity index (χ2v) is 16.1. The Labute approximate surface area is 264 Å². The summed E-state index contributed by atoms with van der Waals surface area (Å²) in [7, 11) is -1.63. The number of furan rings is 1. The Balaban J connectivity index is 1.44. The molecule has 0 aromatic carbocycles. The number of thiophene rings is 1. The smallest absolute Gasteiger partial charge is 0.256 e. The molecule has 240 valence electrons. The second-order valence-electron chi connectivity index (χ2n) is 12.2. The minimum atomic E-state index is -3.81. The van der Waals surface area contributed by atoms with Crippen LogP contribution in [0.2, 0.25) is 0 Å². The fourth-order valence-electron chi connectivity index (χ4n) is 5.26. The minimum absolute atomic E-state index is 0.0758. The van der Waals surface area contributed by atoms with Crippen molar-refractivity contribution in [2.75, 3.05) is 63.5 Å². The van der Waals surface area contributed by atoms with Gasteiger partial charge >= 0.3 is 0 Å². The van der Waals surface area contributed by atoms with Crippen molar-refractivity contribution in [3.63, 3.8) is 0 Å². The van der Waals surface area contributed by atoms with E-state index in [0.717, 1.165) is 80.8 Å². The first-order valence-electron chi connectivity index (χ1n) is 15.0. The van der Waals surface area contributed by atoms with Gasteiger partial charge in [0.25, 0.3) is 10.0 Å². The van der Waals surface area contributed by atoms with Gasteiger partial charge in [0.15, 0.2) is 21.6 Å². The first-order valence-corrected chi connectivity index (χ1v) is 18.0. The summed E-state index contributed by atoms with van der Waals surface area (Å²) in [6.07, 6.45) is 5.10. The van der Waals surface area contributed by atoms with Crippen LogP contribution in [-0.2, 0) is 16.4 Å². The quantitative estimate of drug-likeness (QED) is 0.185. The van der Waals surface area contributed by atoms with Gasteiger partial charge in [0.1, 0.15) is 5.76 Å². The lowest BCUT2D eigenvalue weighted by molar-refractivity contribution is 0.152. The van der Waals surface area contributed by atoms with Crippen LogP contribution in [0.4, 0.5) is 17.3 Å². The lowest BCUT2D eigenvalue weighted by Crippen LogP contribution is -2.44. The van der Waals surface area contributed by atoms with Crippen molar-refractivity contribution in [3.8, 4) is 5.75 Å². The van der Waals surface area contributed by atoms with Gasteiger partial charge in [-0.3, -0.25) is 0 Å². The van der Waals surface area contributed by atoms with E-state index in [-0.39, 0.29) is 21.4 Å². The van der Waals surface area contributed by atoms with Crippen molar-refractivity contribution in [1.29, 1.82) is 0 Å². The van der Waals surface area contributed by atoms with Crippen LogP contribution in [0.25, 0.3) is 0 Å². The van der Waals surface area contributed by atoms with Gasteiger partial charge in [-0.15, -0.1) is 11.3 Å². The van der Waals surface area contributed by atoms with Gasteiger partial charge in [-0.2, -0.15) is 13.1 Å². The standard InChI is InChI=1S/C29H47N7O4S3/c1-8-36(9-2)43(38,39)28-24(37)23(20(3)41-28)30-26-27(33-42-32-26)31-25(29(4,5)6)22-18-21(19-40-22)12-10-11-13-35-16-14-34(7)15-17-35/h18-19,25,37H,8-17H2,1-7H3,(H,30,32)(H,31,33)/t25-/m0/s1. The molecule has 1 aliphatic heterocycles. The summed E-state index contributed by atoms with van der Waals surface area (Å²) in [5, 5.41) is 17.7. The minimum Gasteiger partial charge on any atom is -0.504 e. The fraction of sp³-hybridized carbons (Fsp3) is 0.655. The monoisotopic (exact) mass is 653 g/mol. The van der Waals surface area contributed by atoms with E-state index in [4.69, 9.17) is 4.42 Å². The van der Waals surface area contributed by atoms with Gasteiger partial charge < -0.3 is 30.0 Å². The maximum atomic E-state index is 13.1. The Bertz CT molecular complexity index is 1430. The molecule has 1 saturated heterocycles. The van der Waals surface area contributed by atoms with Crippen molar-refractivity contribution < 1.29 is 17.9 Å². The summed E-state index contributed by atoms with van der Waals surface area (Å²) in [6, 6.07) is 1.93. The zero-order valence-electron chi connectivity index (χ0n) is 26.4. The molecule has 0 spiro atoms. The number of rotatable bonds is 14. The Morgan fingerprint density at radius 3 is 2.44 bits per heavy atom. The molecule has 0 saturated carbocycles. The van der Waals surface area contributed by atoms with Crippen molar-refractivity contribution in [3.05, 3.63) is 28.5 Å². The Morgan fingerprint density at radius 2 is 1.79 bits per heavy atom. The molecule has 14 heteroatoms. The number of aromatic hydroxyl groups is 1. The van der Waals surface area contributed by atoms with E-state index in [1.807, 2.05) is 6.26 Å². The second kappa shape index (κ2) is 14.2. The van der Waals surface area contributed by atoms with Gasteiger partial charge in [-0.25, -0.2) is 8.42 Å². The van der Waals surface area contributed by atoms with E-state index in [9.17, 15) is 13.5 Å². The lowest BCUT2D eigenvalue weighted by atomic mass is 9.85. The SMILES string of the molecule is CCN(CC)S(=O)(=O)c1sc(C)c(Nc2nsnc2N[C@@H](c2cc(CCCCN3CCN(C)CC3)co2)C(C)(C)C)c1O. The number of sulfonamides is 1. The predicted octanol–water partition coefficient (Wildman–Crippen LogP) is 5.75. The van der Waals surface area contributed by atoms with E-state index in [1.165, 1.54) is 9.87 Å². The van der Waals surface area contributed by atoms with E-state index in [0.29, 0.717) is 35.3 Å². The third kappa shape index (κ3) is 8.08. The van der Waals surface area contributed by atoms with Crippen molar-refractivity contribution >= 4 is 50.4 Å². The Kier molecular flexibility index (Phi) is 11.2. The number of hydrogen-bond donors (Lipinski definition) is 3. The molecule has 0 bridgehead atoms. The summed E-state index contributed by atoms with van der Waals surface area (Å²) < 4.78 is 42.5. The average Bonchev–Trinajstić information content (AvgIpc) is 3.67. The normalized spacial score (nSPS) is 16.2. The number of piperazine rings is 1. The number of aromatic nitrogens is 2. The van der Waals surface area contributed by atoms with Gasteiger partial charge in [0.05, 0.1) is 29.7 Å². The fourth-order valence-corrected chi connectivity index (χ4v) is 8.83. The number of nitrogens with zero attached hydrogens (tertiary/aromatic N) is 5. The van der Waals surface area contributed by atoms with Crippen LogP contribution < -0.4 is 10.6 Å². The number of aryl methyl sites for hydroxylation is 2. The topological polar surface area (TPSA) is 127 Å². The highest BCUT2D eigenvalue weighted by Crippen LogP contribution is 2.45. The molecule has 3 aromatic heterocycles. The van der Waals surface area contributed by atoms with Crippen LogP contribution >= 0.6 is 23.1 Å². The summed E-state index contributed by atoms with van der Waals surface area (Å²) in [5.41, 5.74) is 1.28. The molecule has 1 aliphatic rings. The first-order chi connectivity index (χ1) is 20.3. The van der Waals surface area contributed by atoms with Crippen LogP contribution in [0.15, 0.2) is 21.0 Å². The summed E-state index contributed by atoms with van der Waals surface area (Å²) in [6.45, 7) is 18.1. The Hall–Kier alpha value is -2.23. The molecular weight excluding hydrogens is 607 g/mol. The van der Waals surface area contributed by atoms with Crippen LogP contribution in [-0.4, -0.2) is 89.2 Å². The molecule has 0 amide bonds. The zero-order valence-corrected chi connectivity index (χ0v) is 28.9. The van der Waals surface area contributed by atoms with E-state index in [1.54, 1.807) is 20.8 Å². The molecule has 0 unspecified atom stereocenters. The molecular formula is C29H47N7O4S3. The predicted molar refractivity (Wildman–Crippen MR) is 175 cm³/mol. The van der Waals surface area contributed by atoms with E-state index < -0.39 is 10.0 Å². The van der Waals surface area contributed by atoms with Crippen LogP contribution in [0, 0.1) is 12.3 Å². The highest BCUT2D eigenvalue weighted by atomic mass is 32.2. The molecule has 3 N–H and O–H groups in total. The number of likely N-dealkylation sites (N-methyl/N-ethyl adjacent to an activating group) is 1. The van der Waals surface area contributed by atoms with Gasteiger partial charge in [0, 0.05) is 44.1 Å². The van der Waals surface area contributed by atoms with Crippen LogP contribution in [0.1, 0.15) is 69.7 Å². The van der Waals surface area contributed by atoms with Gasteiger partial charge in [-0.1, -0.05) is 34.6 Å². The lowest BCUT2D eigenvalue weighted by Gasteiger charge is -2.32. The average molecular weight is 654 g/mol. The first kappa shape index (κ1) is 33.7. The number of hydrogen-bond acceptors (Lipinski definition) is 12. The van der Waals surface area contributed by atoms with Crippen molar-refractivity contribution in [2.24, 2.45) is 5.41 Å². The zero-order chi connectivity index (χ0) is 31.4. The molecule has 4 rings (SSSR count). The maximum Gasteiger partial charge on any atom is 0.256 e. The summed E-state index contributed by atoms with van der Waals surface area (Å²) >= 11 is 2.07. The highest BCUT2D eigenvalue weighted by molar-refractivity contribution is 7.91. The molecule has 11 nitrogen and oxygen atoms in total. The van der Waals surface area contributed by atoms with E-state index >= 15 is 0 Å². The molecule has 43 heavy (non-hydrogen) atoms. The van der Waals surface area contributed by atoms with Crippen molar-refractivity contribution in [2.45, 2.75) is 71.1 Å². The largest absolute Gasteiger partial charge is 0.504 e. The van der Waals surface area contributed by atoms with Gasteiger partial charge in [0.2, 0.25) is 0 Å². The maximum absolute atomic E-state index is 13.1. The van der Waals surface area contributed by atoms with Crippen LogP contribution in [0.3, 0.4) is 0 Å².